The number of carbonyl (C=O) groups is 2. The number of anilines is 1. The molecule has 0 bridgehead atoms. The highest BCUT2D eigenvalue weighted by atomic mass is 79.9. The van der Waals surface area contributed by atoms with E-state index in [1.165, 1.54) is 19.2 Å². The van der Waals surface area contributed by atoms with Gasteiger partial charge in [0, 0.05) is 48.5 Å². The number of hydrogen-bond acceptors (Lipinski definition) is 5. The number of hydrogen-bond donors (Lipinski definition) is 0. The van der Waals surface area contributed by atoms with Crippen LogP contribution >= 0.6 is 15.9 Å². The van der Waals surface area contributed by atoms with E-state index in [0.717, 1.165) is 4.47 Å². The first-order valence-corrected chi connectivity index (χ1v) is 10.9. The van der Waals surface area contributed by atoms with Crippen molar-refractivity contribution < 1.29 is 18.7 Å². The Labute approximate surface area is 193 Å². The first kappa shape index (κ1) is 22.0. The Bertz CT molecular complexity index is 1130. The third-order valence-electron chi connectivity index (χ3n) is 5.28. The Balaban J connectivity index is 1.36. The van der Waals surface area contributed by atoms with Gasteiger partial charge < -0.3 is 14.5 Å². The van der Waals surface area contributed by atoms with E-state index in [9.17, 15) is 14.0 Å². The average molecular weight is 498 g/mol. The van der Waals surface area contributed by atoms with Crippen molar-refractivity contribution in [2.45, 2.75) is 6.92 Å². The van der Waals surface area contributed by atoms with Crippen LogP contribution in [0.15, 0.2) is 65.3 Å². The Morgan fingerprint density at radius 2 is 1.66 bits per heavy atom. The summed E-state index contributed by atoms with van der Waals surface area (Å²) < 4.78 is 21.1. The smallest absolute Gasteiger partial charge is 0.255 e. The van der Waals surface area contributed by atoms with Crippen LogP contribution in [0.1, 0.15) is 27.6 Å². The fourth-order valence-corrected chi connectivity index (χ4v) is 3.77. The molecular weight excluding hydrogens is 477 g/mol. The zero-order valence-corrected chi connectivity index (χ0v) is 19.0. The second-order valence-corrected chi connectivity index (χ2v) is 8.36. The van der Waals surface area contributed by atoms with E-state index in [2.05, 4.69) is 20.9 Å². The molecule has 0 unspecified atom stereocenters. The van der Waals surface area contributed by atoms with Crippen LogP contribution in [-0.2, 0) is 0 Å². The van der Waals surface area contributed by atoms with Crippen LogP contribution in [0, 0.1) is 5.82 Å². The molecule has 1 aromatic heterocycles. The minimum absolute atomic E-state index is 0.125. The lowest BCUT2D eigenvalue weighted by molar-refractivity contribution is 0.0746. The van der Waals surface area contributed by atoms with Gasteiger partial charge in [0.1, 0.15) is 11.6 Å². The van der Waals surface area contributed by atoms with Crippen molar-refractivity contribution in [1.82, 2.24) is 9.88 Å². The Morgan fingerprint density at radius 3 is 2.25 bits per heavy atom. The Hall–Kier alpha value is -3.26. The average Bonchev–Trinajstić information content (AvgIpc) is 2.81. The van der Waals surface area contributed by atoms with E-state index in [1.807, 2.05) is 29.2 Å². The van der Waals surface area contributed by atoms with Crippen LogP contribution in [0.2, 0.25) is 0 Å². The van der Waals surface area contributed by atoms with Gasteiger partial charge in [-0.05, 0) is 55.5 Å². The fraction of sp³-hybridized carbons (Fsp3) is 0.208. The molecule has 0 saturated carbocycles. The van der Waals surface area contributed by atoms with Crippen molar-refractivity contribution in [3.05, 3.63) is 82.2 Å². The summed E-state index contributed by atoms with van der Waals surface area (Å²) in [7, 11) is 0. The zero-order chi connectivity index (χ0) is 22.7. The largest absolute Gasteiger partial charge is 0.439 e. The van der Waals surface area contributed by atoms with Gasteiger partial charge in [0.05, 0.1) is 11.3 Å². The number of halogens is 2. The van der Waals surface area contributed by atoms with Gasteiger partial charge in [-0.25, -0.2) is 9.37 Å². The molecule has 164 valence electrons. The molecule has 1 fully saturated rings. The van der Waals surface area contributed by atoms with E-state index in [0.29, 0.717) is 54.6 Å². The van der Waals surface area contributed by atoms with E-state index in [1.54, 1.807) is 29.2 Å². The minimum Gasteiger partial charge on any atom is -0.439 e. The standard InChI is InChI=1S/C24H21BrFN3O3/c1-16(30)17-2-8-22(21(26)14-17)28-10-12-29(13-11-28)24(31)18-3-9-23(27-15-18)32-20-6-4-19(25)5-7-20/h2-9,14-15H,10-13H2,1H3. The first-order valence-electron chi connectivity index (χ1n) is 10.1. The maximum absolute atomic E-state index is 14.4. The van der Waals surface area contributed by atoms with Crippen molar-refractivity contribution in [2.75, 3.05) is 31.1 Å². The van der Waals surface area contributed by atoms with Crippen molar-refractivity contribution >= 4 is 33.3 Å². The minimum atomic E-state index is -0.428. The molecule has 32 heavy (non-hydrogen) atoms. The van der Waals surface area contributed by atoms with E-state index in [-0.39, 0.29) is 11.7 Å². The summed E-state index contributed by atoms with van der Waals surface area (Å²) in [5.74, 6) is 0.327. The number of amides is 1. The summed E-state index contributed by atoms with van der Waals surface area (Å²) >= 11 is 3.38. The lowest BCUT2D eigenvalue weighted by Crippen LogP contribution is -2.49. The van der Waals surface area contributed by atoms with E-state index >= 15 is 0 Å². The fourth-order valence-electron chi connectivity index (χ4n) is 3.51. The lowest BCUT2D eigenvalue weighted by atomic mass is 10.1. The van der Waals surface area contributed by atoms with Gasteiger partial charge in [-0.1, -0.05) is 15.9 Å². The number of carbonyl (C=O) groups excluding carboxylic acids is 2. The molecule has 1 amide bonds. The van der Waals surface area contributed by atoms with E-state index in [4.69, 9.17) is 4.74 Å². The maximum Gasteiger partial charge on any atom is 0.255 e. The number of piperazine rings is 1. The van der Waals surface area contributed by atoms with Crippen LogP contribution in [0.25, 0.3) is 0 Å². The molecule has 0 radical (unpaired) electrons. The number of Topliss-reactive ketones (excluding diaryl/α,β-unsaturated/α-hetero) is 1. The summed E-state index contributed by atoms with van der Waals surface area (Å²) in [6.07, 6.45) is 1.50. The van der Waals surface area contributed by atoms with Crippen LogP contribution in [0.5, 0.6) is 11.6 Å². The van der Waals surface area contributed by atoms with Crippen LogP contribution in [-0.4, -0.2) is 47.8 Å². The van der Waals surface area contributed by atoms with E-state index < -0.39 is 5.82 Å². The van der Waals surface area contributed by atoms with Crippen LogP contribution in [0.4, 0.5) is 10.1 Å². The Kier molecular flexibility index (Phi) is 6.50. The lowest BCUT2D eigenvalue weighted by Gasteiger charge is -2.36. The monoisotopic (exact) mass is 497 g/mol. The number of nitrogens with zero attached hydrogens (tertiary/aromatic N) is 3. The second-order valence-electron chi connectivity index (χ2n) is 7.44. The van der Waals surface area contributed by atoms with Crippen molar-refractivity contribution in [1.29, 1.82) is 0 Å². The van der Waals surface area contributed by atoms with Crippen molar-refractivity contribution in [3.63, 3.8) is 0 Å². The van der Waals surface area contributed by atoms with Gasteiger partial charge in [0.15, 0.2) is 5.78 Å². The number of pyridine rings is 1. The normalized spacial score (nSPS) is 13.7. The molecular formula is C24H21BrFN3O3. The molecule has 1 saturated heterocycles. The quantitative estimate of drug-likeness (QED) is 0.467. The number of benzene rings is 2. The highest BCUT2D eigenvalue weighted by Gasteiger charge is 2.24. The summed E-state index contributed by atoms with van der Waals surface area (Å²) in [5, 5.41) is 0. The number of aromatic nitrogens is 1. The highest BCUT2D eigenvalue weighted by Crippen LogP contribution is 2.24. The van der Waals surface area contributed by atoms with Gasteiger partial charge in [0.25, 0.3) is 5.91 Å². The van der Waals surface area contributed by atoms with Gasteiger partial charge >= 0.3 is 0 Å². The molecule has 4 rings (SSSR count). The second kappa shape index (κ2) is 9.48. The molecule has 1 aliphatic heterocycles. The zero-order valence-electron chi connectivity index (χ0n) is 17.4. The van der Waals surface area contributed by atoms with Gasteiger partial charge in [0.2, 0.25) is 5.88 Å². The molecule has 6 nitrogen and oxygen atoms in total. The SMILES string of the molecule is CC(=O)c1ccc(N2CCN(C(=O)c3ccc(Oc4ccc(Br)cc4)nc3)CC2)c(F)c1. The molecule has 3 aromatic rings. The predicted molar refractivity (Wildman–Crippen MR) is 123 cm³/mol. The first-order chi connectivity index (χ1) is 15.4. The molecule has 0 spiro atoms. The van der Waals surface area contributed by atoms with Crippen molar-refractivity contribution in [2.24, 2.45) is 0 Å². The maximum atomic E-state index is 14.4. The third-order valence-corrected chi connectivity index (χ3v) is 5.81. The molecule has 0 aliphatic carbocycles. The molecule has 0 N–H and O–H groups in total. The topological polar surface area (TPSA) is 62.7 Å². The van der Waals surface area contributed by atoms with Gasteiger partial charge in [-0.3, -0.25) is 9.59 Å². The molecule has 2 heterocycles. The number of ether oxygens (including phenoxy) is 1. The molecule has 0 atom stereocenters. The summed E-state index contributed by atoms with van der Waals surface area (Å²) in [5.41, 5.74) is 1.26. The number of rotatable bonds is 5. The van der Waals surface area contributed by atoms with Crippen LogP contribution in [0.3, 0.4) is 0 Å². The molecule has 1 aliphatic rings. The molecule has 2 aromatic carbocycles. The van der Waals surface area contributed by atoms with Crippen LogP contribution < -0.4 is 9.64 Å². The number of ketones is 1. The third kappa shape index (κ3) is 4.96. The predicted octanol–water partition coefficient (Wildman–Crippen LogP) is 4.94. The summed E-state index contributed by atoms with van der Waals surface area (Å²) in [6, 6.07) is 15.3. The summed E-state index contributed by atoms with van der Waals surface area (Å²) in [6.45, 7) is 3.33. The van der Waals surface area contributed by atoms with Crippen molar-refractivity contribution in [3.8, 4) is 11.6 Å². The summed E-state index contributed by atoms with van der Waals surface area (Å²) in [4.78, 5) is 32.1. The Morgan fingerprint density at radius 1 is 0.969 bits per heavy atom. The molecule has 8 heteroatoms. The van der Waals surface area contributed by atoms with Gasteiger partial charge in [-0.15, -0.1) is 0 Å². The highest BCUT2D eigenvalue weighted by molar-refractivity contribution is 9.10. The van der Waals surface area contributed by atoms with Gasteiger partial charge in [-0.2, -0.15) is 0 Å².